The third-order valence-corrected chi connectivity index (χ3v) is 11.2. The third kappa shape index (κ3) is 48.1. The number of unbranched alkanes of at least 4 members (excludes halogenated alkanes) is 23. The van der Waals surface area contributed by atoms with E-state index in [4.69, 9.17) is 0 Å². The first-order valence-electron chi connectivity index (χ1n) is 26.1. The number of carbonyl (C=O) groups is 1. The first-order chi connectivity index (χ1) is 30.7. The minimum atomic E-state index is -0.870. The van der Waals surface area contributed by atoms with Crippen LogP contribution >= 0.6 is 0 Å². The highest BCUT2D eigenvalue weighted by Crippen LogP contribution is 2.14. The van der Waals surface area contributed by atoms with Crippen molar-refractivity contribution >= 4 is 5.91 Å². The summed E-state index contributed by atoms with van der Waals surface area (Å²) >= 11 is 0. The summed E-state index contributed by atoms with van der Waals surface area (Å²) in [5.74, 6) is -0.0813. The van der Waals surface area contributed by atoms with Crippen molar-refractivity contribution in [3.63, 3.8) is 0 Å². The van der Waals surface area contributed by atoms with E-state index in [1.807, 2.05) is 6.08 Å². The lowest BCUT2D eigenvalue weighted by Crippen LogP contribution is -2.45. The number of amides is 1. The van der Waals surface area contributed by atoms with Crippen LogP contribution < -0.4 is 5.32 Å². The summed E-state index contributed by atoms with van der Waals surface area (Å²) in [6.07, 6.45) is 79.4. The van der Waals surface area contributed by atoms with Gasteiger partial charge in [-0.05, 0) is 89.9 Å². The molecule has 354 valence electrons. The molecule has 0 aliphatic heterocycles. The van der Waals surface area contributed by atoms with E-state index in [0.29, 0.717) is 6.42 Å². The average molecular weight is 858 g/mol. The maximum absolute atomic E-state index is 12.4. The molecule has 4 nitrogen and oxygen atoms in total. The molecule has 0 aromatic heterocycles. The molecule has 0 radical (unpaired) electrons. The lowest BCUT2D eigenvalue weighted by atomic mass is 10.0. The van der Waals surface area contributed by atoms with Crippen molar-refractivity contribution in [2.45, 2.75) is 244 Å². The summed E-state index contributed by atoms with van der Waals surface area (Å²) in [7, 11) is 0. The SMILES string of the molecule is CC/C=C\C/C=C\C/C=C\C/C=C\C/C=C\C/C=C\C/C=C\CCCCCCCCCCCCCC(=O)NC(CO)C(O)/C=C/CC/C=C/CCCCCCCCCCCCC. The van der Waals surface area contributed by atoms with Gasteiger partial charge in [-0.1, -0.05) is 245 Å². The summed E-state index contributed by atoms with van der Waals surface area (Å²) in [4.78, 5) is 12.4. The minimum Gasteiger partial charge on any atom is -0.394 e. The molecule has 2 unspecified atom stereocenters. The van der Waals surface area contributed by atoms with Crippen LogP contribution in [0.5, 0.6) is 0 Å². The molecule has 62 heavy (non-hydrogen) atoms. The smallest absolute Gasteiger partial charge is 0.220 e. The molecule has 1 amide bonds. The number of rotatable bonds is 46. The van der Waals surface area contributed by atoms with Gasteiger partial charge in [-0.3, -0.25) is 4.79 Å². The fraction of sp³-hybridized carbons (Fsp3) is 0.672. The number of hydrogen-bond donors (Lipinski definition) is 3. The van der Waals surface area contributed by atoms with Crippen LogP contribution in [-0.2, 0) is 4.79 Å². The van der Waals surface area contributed by atoms with Gasteiger partial charge in [-0.25, -0.2) is 0 Å². The Morgan fingerprint density at radius 1 is 0.403 bits per heavy atom. The van der Waals surface area contributed by atoms with E-state index < -0.39 is 12.1 Å². The summed E-state index contributed by atoms with van der Waals surface area (Å²) in [5, 5.41) is 23.1. The van der Waals surface area contributed by atoms with Crippen LogP contribution in [0.25, 0.3) is 0 Å². The van der Waals surface area contributed by atoms with Crippen molar-refractivity contribution in [1.29, 1.82) is 0 Å². The quantitative estimate of drug-likeness (QED) is 0.0422. The number of carbonyl (C=O) groups excluding carboxylic acids is 1. The van der Waals surface area contributed by atoms with Gasteiger partial charge in [-0.2, -0.15) is 0 Å². The van der Waals surface area contributed by atoms with Crippen molar-refractivity contribution in [2.24, 2.45) is 0 Å². The lowest BCUT2D eigenvalue weighted by Gasteiger charge is -2.19. The molecule has 0 rings (SSSR count). The molecule has 0 aliphatic rings. The predicted octanol–water partition coefficient (Wildman–Crippen LogP) is 17.1. The van der Waals surface area contributed by atoms with E-state index in [9.17, 15) is 15.0 Å². The summed E-state index contributed by atoms with van der Waals surface area (Å²) in [5.41, 5.74) is 0. The van der Waals surface area contributed by atoms with Crippen LogP contribution in [0.3, 0.4) is 0 Å². The highest BCUT2D eigenvalue weighted by molar-refractivity contribution is 5.76. The Morgan fingerprint density at radius 2 is 0.726 bits per heavy atom. The lowest BCUT2D eigenvalue weighted by molar-refractivity contribution is -0.123. The van der Waals surface area contributed by atoms with Gasteiger partial charge in [0.1, 0.15) is 0 Å². The van der Waals surface area contributed by atoms with Gasteiger partial charge < -0.3 is 15.5 Å². The van der Waals surface area contributed by atoms with Gasteiger partial charge in [0, 0.05) is 6.42 Å². The van der Waals surface area contributed by atoms with Crippen molar-refractivity contribution in [1.82, 2.24) is 5.32 Å². The molecule has 0 aromatic rings. The standard InChI is InChI=1S/C58H99NO3/c1-3-5-7-9-11-13-15-17-19-21-22-23-24-25-26-27-28-29-30-31-32-33-34-35-36-38-40-42-44-46-48-50-52-54-58(62)59-56(55-60)57(61)53-51-49-47-45-43-41-39-37-20-18-16-14-12-10-8-6-4-2/h5,7,11,13,17,19,22-23,25-26,28-29,31-32,43,45,51,53,56-57,60-61H,3-4,6,8-10,12,14-16,18,20-21,24,27,30,33-42,44,46-50,52,54-55H2,1-2H3,(H,59,62)/b7-5-,13-11-,19-17-,23-22-,26-25-,29-28-,32-31-,45-43+,53-51+. The van der Waals surface area contributed by atoms with Gasteiger partial charge in [0.25, 0.3) is 0 Å². The first kappa shape index (κ1) is 59.0. The molecule has 4 heteroatoms. The number of allylic oxidation sites excluding steroid dienone is 17. The first-order valence-corrected chi connectivity index (χ1v) is 26.1. The Balaban J connectivity index is 3.61. The topological polar surface area (TPSA) is 69.6 Å². The summed E-state index contributed by atoms with van der Waals surface area (Å²) < 4.78 is 0. The Hall–Kier alpha value is -2.95. The number of aliphatic hydroxyl groups excluding tert-OH is 2. The molecular weight excluding hydrogens is 759 g/mol. The number of hydrogen-bond acceptors (Lipinski definition) is 3. The fourth-order valence-corrected chi connectivity index (χ4v) is 7.29. The highest BCUT2D eigenvalue weighted by Gasteiger charge is 2.17. The molecule has 0 bridgehead atoms. The Bertz CT molecular complexity index is 1200. The second kappa shape index (κ2) is 52.4. The third-order valence-electron chi connectivity index (χ3n) is 11.2. The molecule has 0 spiro atoms. The summed E-state index contributed by atoms with van der Waals surface area (Å²) in [6, 6.07) is -0.647. The van der Waals surface area contributed by atoms with Crippen molar-refractivity contribution in [2.75, 3.05) is 6.61 Å². The van der Waals surface area contributed by atoms with Crippen molar-refractivity contribution in [3.05, 3.63) is 109 Å². The second-order valence-corrected chi connectivity index (χ2v) is 17.2. The molecule has 0 fully saturated rings. The van der Waals surface area contributed by atoms with E-state index in [0.717, 1.165) is 77.0 Å². The molecule has 2 atom stereocenters. The van der Waals surface area contributed by atoms with Gasteiger partial charge in [0.05, 0.1) is 18.8 Å². The minimum absolute atomic E-state index is 0.0813. The molecule has 0 aliphatic carbocycles. The fourth-order valence-electron chi connectivity index (χ4n) is 7.29. The van der Waals surface area contributed by atoms with Crippen LogP contribution in [0.2, 0.25) is 0 Å². The van der Waals surface area contributed by atoms with E-state index in [-0.39, 0.29) is 12.5 Å². The van der Waals surface area contributed by atoms with Gasteiger partial charge in [0.2, 0.25) is 5.91 Å². The predicted molar refractivity (Wildman–Crippen MR) is 276 cm³/mol. The van der Waals surface area contributed by atoms with Crippen LogP contribution in [0, 0.1) is 0 Å². The van der Waals surface area contributed by atoms with Crippen LogP contribution in [-0.4, -0.2) is 34.9 Å². The molecule has 0 aromatic carbocycles. The van der Waals surface area contributed by atoms with E-state index in [1.54, 1.807) is 6.08 Å². The van der Waals surface area contributed by atoms with Crippen LogP contribution in [0.15, 0.2) is 109 Å². The molecule has 3 N–H and O–H groups in total. The Morgan fingerprint density at radius 3 is 1.13 bits per heavy atom. The monoisotopic (exact) mass is 858 g/mol. The van der Waals surface area contributed by atoms with E-state index >= 15 is 0 Å². The van der Waals surface area contributed by atoms with Crippen molar-refractivity contribution < 1.29 is 15.0 Å². The highest BCUT2D eigenvalue weighted by atomic mass is 16.3. The molecule has 0 saturated heterocycles. The van der Waals surface area contributed by atoms with Gasteiger partial charge in [-0.15, -0.1) is 0 Å². The Labute approximate surface area is 385 Å². The number of aliphatic hydroxyl groups is 2. The Kier molecular flexibility index (Phi) is 49.9. The van der Waals surface area contributed by atoms with Gasteiger partial charge >= 0.3 is 0 Å². The molecular formula is C58H99NO3. The van der Waals surface area contributed by atoms with E-state index in [2.05, 4.69) is 116 Å². The molecule has 0 heterocycles. The maximum atomic E-state index is 12.4. The summed E-state index contributed by atoms with van der Waals surface area (Å²) in [6.45, 7) is 4.18. The zero-order chi connectivity index (χ0) is 44.9. The zero-order valence-electron chi connectivity index (χ0n) is 40.6. The molecule has 0 saturated carbocycles. The van der Waals surface area contributed by atoms with Crippen LogP contribution in [0.4, 0.5) is 0 Å². The average Bonchev–Trinajstić information content (AvgIpc) is 3.28. The van der Waals surface area contributed by atoms with Crippen LogP contribution in [0.1, 0.15) is 232 Å². The maximum Gasteiger partial charge on any atom is 0.220 e. The zero-order valence-corrected chi connectivity index (χ0v) is 40.6. The normalized spacial score (nSPS) is 13.8. The largest absolute Gasteiger partial charge is 0.394 e. The van der Waals surface area contributed by atoms with E-state index in [1.165, 1.54) is 135 Å². The number of nitrogens with one attached hydrogen (secondary N) is 1. The second-order valence-electron chi connectivity index (χ2n) is 17.2. The van der Waals surface area contributed by atoms with Gasteiger partial charge in [0.15, 0.2) is 0 Å². The van der Waals surface area contributed by atoms with Crippen molar-refractivity contribution in [3.8, 4) is 0 Å².